The number of benzene rings is 1. The Morgan fingerprint density at radius 2 is 1.88 bits per heavy atom. The highest BCUT2D eigenvalue weighted by Gasteiger charge is 2.21. The maximum atomic E-state index is 12.6. The Hall–Kier alpha value is -1.25. The number of carbonyl (C=O) groups is 2. The maximum absolute atomic E-state index is 12.6. The van der Waals surface area contributed by atoms with Gasteiger partial charge in [-0.05, 0) is 50.6 Å². The summed E-state index contributed by atoms with van der Waals surface area (Å²) in [6.07, 6.45) is 0.936. The number of nitrogens with zero attached hydrogens (tertiary/aromatic N) is 1. The molecule has 1 atom stereocenters. The molecule has 5 nitrogen and oxygen atoms in total. The molecule has 0 aliphatic rings. The van der Waals surface area contributed by atoms with Crippen molar-refractivity contribution < 1.29 is 14.3 Å². The molecule has 0 saturated carbocycles. The van der Waals surface area contributed by atoms with Gasteiger partial charge in [0.25, 0.3) is 0 Å². The molecule has 0 aliphatic carbocycles. The van der Waals surface area contributed by atoms with Crippen molar-refractivity contribution in [3.63, 3.8) is 0 Å². The van der Waals surface area contributed by atoms with E-state index in [4.69, 9.17) is 4.74 Å². The lowest BCUT2D eigenvalue weighted by atomic mass is 10.0. The molecule has 0 aliphatic heterocycles. The van der Waals surface area contributed by atoms with Crippen molar-refractivity contribution in [2.24, 2.45) is 0 Å². The number of Topliss-reactive ketones (excluding diaryl/α,β-unsaturated/α-hetero) is 1. The van der Waals surface area contributed by atoms with Crippen molar-refractivity contribution in [1.29, 1.82) is 0 Å². The quantitative estimate of drug-likeness (QED) is 0.369. The highest BCUT2D eigenvalue weighted by Crippen LogP contribution is 2.29. The van der Waals surface area contributed by atoms with E-state index in [1.54, 1.807) is 51.1 Å². The fraction of sp³-hybridized carbons (Fsp3) is 0.278. The van der Waals surface area contributed by atoms with Gasteiger partial charge in [-0.15, -0.1) is 17.0 Å². The van der Waals surface area contributed by atoms with Crippen molar-refractivity contribution in [2.45, 2.75) is 31.2 Å². The maximum Gasteiger partial charge on any atom is 0.413 e. The second-order valence-electron chi connectivity index (χ2n) is 6.34. The number of ketones is 1. The molecule has 1 aromatic carbocycles. The predicted molar refractivity (Wildman–Crippen MR) is 115 cm³/mol. The number of amides is 1. The SMILES string of the molecule is Br.CC(C)(C)OC(=O)Nc1cc(C(Br)C(=O)c2cccc(Br)c2)ccn1. The first-order valence-electron chi connectivity index (χ1n) is 7.55. The standard InChI is InChI=1S/C18H18Br2N2O3.BrH/c1-18(2,3)25-17(24)22-14-10-11(7-8-21-14)15(20)16(23)12-5-4-6-13(19)9-12;/h4-10,15H,1-3H3,(H,21,22,24);1H. The Bertz CT molecular complexity index is 791. The minimum atomic E-state index is -0.601. The summed E-state index contributed by atoms with van der Waals surface area (Å²) < 4.78 is 6.03. The van der Waals surface area contributed by atoms with E-state index in [1.165, 1.54) is 6.20 Å². The largest absolute Gasteiger partial charge is 0.444 e. The molecule has 1 N–H and O–H groups in total. The Labute approximate surface area is 179 Å². The van der Waals surface area contributed by atoms with Gasteiger partial charge >= 0.3 is 6.09 Å². The van der Waals surface area contributed by atoms with Crippen LogP contribution >= 0.6 is 48.8 Å². The number of halogens is 3. The van der Waals surface area contributed by atoms with E-state index in [1.807, 2.05) is 6.07 Å². The average Bonchev–Trinajstić information content (AvgIpc) is 2.52. The van der Waals surface area contributed by atoms with Gasteiger partial charge in [0, 0.05) is 16.2 Å². The van der Waals surface area contributed by atoms with Crippen LogP contribution in [-0.4, -0.2) is 22.5 Å². The number of ether oxygens (including phenoxy) is 1. The van der Waals surface area contributed by atoms with Crippen molar-refractivity contribution in [2.75, 3.05) is 5.32 Å². The van der Waals surface area contributed by atoms with Crippen molar-refractivity contribution in [3.05, 3.63) is 58.2 Å². The van der Waals surface area contributed by atoms with Gasteiger partial charge in [0.2, 0.25) is 0 Å². The van der Waals surface area contributed by atoms with E-state index >= 15 is 0 Å². The molecule has 26 heavy (non-hydrogen) atoms. The first kappa shape index (κ1) is 22.8. The second kappa shape index (κ2) is 9.62. The molecule has 0 fully saturated rings. The number of hydrogen-bond acceptors (Lipinski definition) is 4. The van der Waals surface area contributed by atoms with Crippen molar-refractivity contribution in [1.82, 2.24) is 4.98 Å². The summed E-state index contributed by atoms with van der Waals surface area (Å²) in [5.41, 5.74) is 0.664. The van der Waals surface area contributed by atoms with Crippen LogP contribution in [0.1, 0.15) is 41.5 Å². The highest BCUT2D eigenvalue weighted by atomic mass is 79.9. The number of nitrogens with one attached hydrogen (secondary N) is 1. The van der Waals surface area contributed by atoms with E-state index in [-0.39, 0.29) is 22.8 Å². The summed E-state index contributed by atoms with van der Waals surface area (Å²) in [4.78, 5) is 28.0. The third-order valence-electron chi connectivity index (χ3n) is 3.04. The molecule has 140 valence electrons. The van der Waals surface area contributed by atoms with Gasteiger partial charge in [-0.1, -0.05) is 44.0 Å². The number of aromatic nitrogens is 1. The minimum absolute atomic E-state index is 0. The smallest absolute Gasteiger partial charge is 0.413 e. The second-order valence-corrected chi connectivity index (χ2v) is 8.17. The van der Waals surface area contributed by atoms with E-state index in [0.29, 0.717) is 16.9 Å². The van der Waals surface area contributed by atoms with Gasteiger partial charge in [-0.2, -0.15) is 0 Å². The number of rotatable bonds is 4. The van der Waals surface area contributed by atoms with Crippen LogP contribution in [0, 0.1) is 0 Å². The predicted octanol–water partition coefficient (Wildman–Crippen LogP) is 6.09. The molecule has 2 rings (SSSR count). The van der Waals surface area contributed by atoms with Crippen molar-refractivity contribution >= 4 is 66.5 Å². The van der Waals surface area contributed by atoms with Crippen LogP contribution in [0.2, 0.25) is 0 Å². The molecule has 8 heteroatoms. The number of hydrogen-bond donors (Lipinski definition) is 1. The molecule has 0 bridgehead atoms. The first-order valence-corrected chi connectivity index (χ1v) is 9.26. The molecule has 1 aromatic heterocycles. The number of carbonyl (C=O) groups excluding carboxylic acids is 2. The van der Waals surface area contributed by atoms with E-state index in [0.717, 1.165) is 4.47 Å². The van der Waals surface area contributed by atoms with Gasteiger partial charge in [0.1, 0.15) is 16.2 Å². The molecule has 1 unspecified atom stereocenters. The zero-order valence-electron chi connectivity index (χ0n) is 14.5. The zero-order chi connectivity index (χ0) is 18.6. The van der Waals surface area contributed by atoms with Gasteiger partial charge in [-0.25, -0.2) is 9.78 Å². The van der Waals surface area contributed by atoms with Crippen LogP contribution in [0.3, 0.4) is 0 Å². The first-order chi connectivity index (χ1) is 11.7. The Morgan fingerprint density at radius 1 is 1.19 bits per heavy atom. The topological polar surface area (TPSA) is 68.3 Å². The summed E-state index contributed by atoms with van der Waals surface area (Å²) >= 11 is 6.78. The molecule has 2 aromatic rings. The van der Waals surface area contributed by atoms with Crippen LogP contribution in [0.15, 0.2) is 47.1 Å². The monoisotopic (exact) mass is 548 g/mol. The van der Waals surface area contributed by atoms with Crippen LogP contribution in [0.25, 0.3) is 0 Å². The number of alkyl halides is 1. The average molecular weight is 551 g/mol. The number of anilines is 1. The molecule has 0 spiro atoms. The summed E-state index contributed by atoms with van der Waals surface area (Å²) in [5.74, 6) is 0.231. The van der Waals surface area contributed by atoms with Gasteiger partial charge < -0.3 is 4.74 Å². The van der Waals surface area contributed by atoms with E-state index in [9.17, 15) is 9.59 Å². The molecule has 1 amide bonds. The lowest BCUT2D eigenvalue weighted by Crippen LogP contribution is -2.27. The molecule has 0 saturated heterocycles. The third-order valence-corrected chi connectivity index (χ3v) is 4.48. The third kappa shape index (κ3) is 6.81. The van der Waals surface area contributed by atoms with Crippen LogP contribution in [0.5, 0.6) is 0 Å². The highest BCUT2D eigenvalue weighted by molar-refractivity contribution is 9.10. The lowest BCUT2D eigenvalue weighted by Gasteiger charge is -2.19. The van der Waals surface area contributed by atoms with Gasteiger partial charge in [0.05, 0.1) is 0 Å². The van der Waals surface area contributed by atoms with Crippen LogP contribution < -0.4 is 5.32 Å². The number of pyridine rings is 1. The van der Waals surface area contributed by atoms with Crippen molar-refractivity contribution in [3.8, 4) is 0 Å². The van der Waals surface area contributed by atoms with E-state index < -0.39 is 16.5 Å². The summed E-state index contributed by atoms with van der Waals surface area (Å²) in [6.45, 7) is 5.34. The molecule has 1 heterocycles. The summed E-state index contributed by atoms with van der Waals surface area (Å²) in [6, 6.07) is 10.5. The van der Waals surface area contributed by atoms with E-state index in [2.05, 4.69) is 42.2 Å². The minimum Gasteiger partial charge on any atom is -0.444 e. The molecular weight excluding hydrogens is 532 g/mol. The van der Waals surface area contributed by atoms with Gasteiger partial charge in [0.15, 0.2) is 5.78 Å². The molecule has 0 radical (unpaired) electrons. The van der Waals surface area contributed by atoms with Crippen LogP contribution in [0.4, 0.5) is 10.6 Å². The fourth-order valence-electron chi connectivity index (χ4n) is 2.02. The Balaban J connectivity index is 0.00000338. The van der Waals surface area contributed by atoms with Crippen LogP contribution in [-0.2, 0) is 4.74 Å². The zero-order valence-corrected chi connectivity index (χ0v) is 19.3. The Morgan fingerprint density at radius 3 is 2.50 bits per heavy atom. The summed E-state index contributed by atoms with van der Waals surface area (Å²) in [7, 11) is 0. The van der Waals surface area contributed by atoms with Gasteiger partial charge in [-0.3, -0.25) is 10.1 Å². The normalized spacial score (nSPS) is 11.9. The Kier molecular flexibility index (Phi) is 8.43. The fourth-order valence-corrected chi connectivity index (χ4v) is 2.97. The molecular formula is C18H19Br3N2O3. The lowest BCUT2D eigenvalue weighted by molar-refractivity contribution is 0.0635. The summed E-state index contributed by atoms with van der Waals surface area (Å²) in [5, 5.41) is 2.57.